The lowest BCUT2D eigenvalue weighted by atomic mass is 9.87. The standard InChI is InChI=1S/C23H34N4O2/c1-2-24-22(27-14-10-23(17-27)11-15-29-18-23)25-16-19-6-8-20(9-7-19)21(28)26-12-4-3-5-13-26/h6-9H,2-5,10-18H2,1H3,(H,24,25). The van der Waals surface area contributed by atoms with Gasteiger partial charge in [0.1, 0.15) is 0 Å². The Morgan fingerprint density at radius 1 is 1.10 bits per heavy atom. The second-order valence-corrected chi connectivity index (χ2v) is 8.69. The molecule has 0 aliphatic carbocycles. The highest BCUT2D eigenvalue weighted by molar-refractivity contribution is 5.94. The van der Waals surface area contributed by atoms with Crippen molar-refractivity contribution in [1.82, 2.24) is 15.1 Å². The van der Waals surface area contributed by atoms with Crippen molar-refractivity contribution in [3.05, 3.63) is 35.4 Å². The van der Waals surface area contributed by atoms with Gasteiger partial charge in [0.05, 0.1) is 13.2 Å². The van der Waals surface area contributed by atoms with Crippen LogP contribution in [0.3, 0.4) is 0 Å². The van der Waals surface area contributed by atoms with Gasteiger partial charge in [-0.05, 0) is 56.7 Å². The molecule has 1 amide bonds. The average molecular weight is 399 g/mol. The molecule has 1 atom stereocenters. The number of hydrogen-bond acceptors (Lipinski definition) is 3. The van der Waals surface area contributed by atoms with Gasteiger partial charge in [0.2, 0.25) is 0 Å². The molecule has 0 bridgehead atoms. The third-order valence-electron chi connectivity index (χ3n) is 6.51. The number of carbonyl (C=O) groups excluding carboxylic acids is 1. The van der Waals surface area contributed by atoms with Gasteiger partial charge in [-0.3, -0.25) is 4.79 Å². The van der Waals surface area contributed by atoms with Gasteiger partial charge in [-0.15, -0.1) is 0 Å². The molecule has 1 N–H and O–H groups in total. The van der Waals surface area contributed by atoms with Crippen molar-refractivity contribution in [2.45, 2.75) is 45.6 Å². The van der Waals surface area contributed by atoms with Crippen LogP contribution in [0.5, 0.6) is 0 Å². The number of guanidine groups is 1. The number of ether oxygens (including phenoxy) is 1. The zero-order valence-electron chi connectivity index (χ0n) is 17.7. The van der Waals surface area contributed by atoms with Crippen LogP contribution in [0.15, 0.2) is 29.3 Å². The molecule has 1 aromatic rings. The zero-order chi connectivity index (χ0) is 20.1. The number of aliphatic imine (C=N–C) groups is 1. The first kappa shape index (κ1) is 20.2. The Balaban J connectivity index is 1.38. The van der Waals surface area contributed by atoms with E-state index in [-0.39, 0.29) is 5.91 Å². The second kappa shape index (κ2) is 9.16. The molecule has 0 radical (unpaired) electrons. The number of piperidine rings is 1. The van der Waals surface area contributed by atoms with Crippen LogP contribution in [0, 0.1) is 5.41 Å². The van der Waals surface area contributed by atoms with E-state index in [0.717, 1.165) is 82.3 Å². The Kier molecular flexibility index (Phi) is 6.38. The largest absolute Gasteiger partial charge is 0.381 e. The Hall–Kier alpha value is -2.08. The van der Waals surface area contributed by atoms with E-state index in [4.69, 9.17) is 9.73 Å². The van der Waals surface area contributed by atoms with Crippen LogP contribution in [0.2, 0.25) is 0 Å². The normalized spacial score (nSPS) is 25.1. The molecular formula is C23H34N4O2. The SMILES string of the molecule is CCNC(=NCc1ccc(C(=O)N2CCCCC2)cc1)N1CCC2(CCOC2)C1. The van der Waals surface area contributed by atoms with E-state index in [2.05, 4.69) is 17.1 Å². The van der Waals surface area contributed by atoms with Gasteiger partial charge in [0.25, 0.3) is 5.91 Å². The van der Waals surface area contributed by atoms with E-state index in [9.17, 15) is 4.79 Å². The lowest BCUT2D eigenvalue weighted by molar-refractivity contribution is 0.0724. The zero-order valence-corrected chi connectivity index (χ0v) is 17.7. The van der Waals surface area contributed by atoms with Gasteiger partial charge >= 0.3 is 0 Å². The van der Waals surface area contributed by atoms with E-state index in [0.29, 0.717) is 12.0 Å². The molecule has 0 saturated carbocycles. The third-order valence-corrected chi connectivity index (χ3v) is 6.51. The molecule has 29 heavy (non-hydrogen) atoms. The fourth-order valence-electron chi connectivity index (χ4n) is 4.71. The van der Waals surface area contributed by atoms with Crippen LogP contribution < -0.4 is 5.32 Å². The van der Waals surface area contributed by atoms with Gasteiger partial charge in [-0.2, -0.15) is 0 Å². The first-order valence-corrected chi connectivity index (χ1v) is 11.2. The van der Waals surface area contributed by atoms with Crippen LogP contribution >= 0.6 is 0 Å². The van der Waals surface area contributed by atoms with Gasteiger partial charge in [-0.25, -0.2) is 4.99 Å². The van der Waals surface area contributed by atoms with Crippen LogP contribution in [-0.4, -0.2) is 67.6 Å². The van der Waals surface area contributed by atoms with Crippen LogP contribution in [0.4, 0.5) is 0 Å². The van der Waals surface area contributed by atoms with E-state index in [1.54, 1.807) is 0 Å². The molecule has 3 heterocycles. The lowest BCUT2D eigenvalue weighted by Gasteiger charge is -2.26. The summed E-state index contributed by atoms with van der Waals surface area (Å²) in [5.74, 6) is 1.15. The van der Waals surface area contributed by atoms with E-state index < -0.39 is 0 Å². The number of nitrogens with zero attached hydrogens (tertiary/aromatic N) is 3. The smallest absolute Gasteiger partial charge is 0.253 e. The van der Waals surface area contributed by atoms with Crippen LogP contribution in [0.25, 0.3) is 0 Å². The van der Waals surface area contributed by atoms with Crippen LogP contribution in [0.1, 0.15) is 54.9 Å². The molecule has 3 saturated heterocycles. The molecule has 158 valence electrons. The number of rotatable bonds is 4. The second-order valence-electron chi connectivity index (χ2n) is 8.69. The summed E-state index contributed by atoms with van der Waals surface area (Å²) >= 11 is 0. The molecule has 1 spiro atoms. The van der Waals surface area contributed by atoms with Crippen molar-refractivity contribution in [1.29, 1.82) is 0 Å². The van der Waals surface area contributed by atoms with Gasteiger partial charge < -0.3 is 19.9 Å². The molecule has 6 nitrogen and oxygen atoms in total. The maximum absolute atomic E-state index is 12.6. The predicted octanol–water partition coefficient (Wildman–Crippen LogP) is 2.89. The molecule has 0 aromatic heterocycles. The maximum atomic E-state index is 12.6. The number of nitrogens with one attached hydrogen (secondary N) is 1. The summed E-state index contributed by atoms with van der Waals surface area (Å²) in [6.07, 6.45) is 5.82. The van der Waals surface area contributed by atoms with Crippen molar-refractivity contribution in [3.8, 4) is 0 Å². The molecule has 3 fully saturated rings. The minimum absolute atomic E-state index is 0.161. The average Bonchev–Trinajstić information content (AvgIpc) is 3.41. The van der Waals surface area contributed by atoms with Gasteiger partial charge in [0, 0.05) is 50.3 Å². The summed E-state index contributed by atoms with van der Waals surface area (Å²) in [5.41, 5.74) is 2.25. The van der Waals surface area contributed by atoms with E-state index >= 15 is 0 Å². The molecule has 3 aliphatic heterocycles. The first-order valence-electron chi connectivity index (χ1n) is 11.2. The van der Waals surface area contributed by atoms with Crippen molar-refractivity contribution in [3.63, 3.8) is 0 Å². The summed E-state index contributed by atoms with van der Waals surface area (Å²) in [7, 11) is 0. The van der Waals surface area contributed by atoms with E-state index in [1.165, 1.54) is 12.8 Å². The topological polar surface area (TPSA) is 57.2 Å². The molecule has 3 aliphatic rings. The van der Waals surface area contributed by atoms with Crippen LogP contribution in [-0.2, 0) is 11.3 Å². The van der Waals surface area contributed by atoms with E-state index in [1.807, 2.05) is 29.2 Å². The Bertz CT molecular complexity index is 719. The molecule has 1 aromatic carbocycles. The minimum atomic E-state index is 0.161. The van der Waals surface area contributed by atoms with Crippen molar-refractivity contribution >= 4 is 11.9 Å². The quantitative estimate of drug-likeness (QED) is 0.626. The first-order chi connectivity index (χ1) is 14.2. The predicted molar refractivity (Wildman–Crippen MR) is 115 cm³/mol. The minimum Gasteiger partial charge on any atom is -0.381 e. The maximum Gasteiger partial charge on any atom is 0.253 e. The highest BCUT2D eigenvalue weighted by Crippen LogP contribution is 2.38. The molecule has 1 unspecified atom stereocenters. The number of hydrogen-bond donors (Lipinski definition) is 1. The Morgan fingerprint density at radius 3 is 2.59 bits per heavy atom. The highest BCUT2D eigenvalue weighted by atomic mass is 16.5. The lowest BCUT2D eigenvalue weighted by Crippen LogP contribution is -2.41. The van der Waals surface area contributed by atoms with Gasteiger partial charge in [0.15, 0.2) is 5.96 Å². The number of carbonyl (C=O) groups is 1. The molecule has 6 heteroatoms. The van der Waals surface area contributed by atoms with Crippen molar-refractivity contribution in [2.24, 2.45) is 10.4 Å². The summed E-state index contributed by atoms with van der Waals surface area (Å²) < 4.78 is 5.66. The highest BCUT2D eigenvalue weighted by Gasteiger charge is 2.42. The third kappa shape index (κ3) is 4.74. The number of amides is 1. The Labute approximate surface area is 174 Å². The van der Waals surface area contributed by atoms with Crippen molar-refractivity contribution in [2.75, 3.05) is 45.9 Å². The Morgan fingerprint density at radius 2 is 1.90 bits per heavy atom. The van der Waals surface area contributed by atoms with Gasteiger partial charge in [-0.1, -0.05) is 12.1 Å². The summed E-state index contributed by atoms with van der Waals surface area (Å²) in [6.45, 7) is 9.22. The van der Waals surface area contributed by atoms with Crippen molar-refractivity contribution < 1.29 is 9.53 Å². The fourth-order valence-corrected chi connectivity index (χ4v) is 4.71. The molecule has 4 rings (SSSR count). The summed E-state index contributed by atoms with van der Waals surface area (Å²) in [5, 5.41) is 3.45. The number of likely N-dealkylation sites (tertiary alicyclic amines) is 2. The monoisotopic (exact) mass is 398 g/mol. The summed E-state index contributed by atoms with van der Waals surface area (Å²) in [4.78, 5) is 21.9. The fraction of sp³-hybridized carbons (Fsp3) is 0.652. The summed E-state index contributed by atoms with van der Waals surface area (Å²) in [6, 6.07) is 7.99. The number of benzene rings is 1. The molecular weight excluding hydrogens is 364 g/mol.